The molecule has 120 valence electrons. The van der Waals surface area contributed by atoms with Gasteiger partial charge in [0.25, 0.3) is 0 Å². The molecular formula is C21H19NO2. The number of hydrogen-bond acceptors (Lipinski definition) is 3. The van der Waals surface area contributed by atoms with Gasteiger partial charge in [-0.3, -0.25) is 0 Å². The van der Waals surface area contributed by atoms with Gasteiger partial charge in [0.1, 0.15) is 0 Å². The number of benzene rings is 2. The van der Waals surface area contributed by atoms with E-state index in [0.29, 0.717) is 5.56 Å². The summed E-state index contributed by atoms with van der Waals surface area (Å²) in [6, 6.07) is 18.3. The first-order valence-electron chi connectivity index (χ1n) is 7.92. The number of nitrogens with zero attached hydrogens (tertiary/aromatic N) is 1. The minimum Gasteiger partial charge on any atom is -0.466 e. The van der Waals surface area contributed by atoms with E-state index in [4.69, 9.17) is 4.74 Å². The van der Waals surface area contributed by atoms with Crippen LogP contribution >= 0.6 is 0 Å². The van der Waals surface area contributed by atoms with Crippen molar-refractivity contribution in [1.82, 2.24) is 0 Å². The Morgan fingerprint density at radius 1 is 1.29 bits per heavy atom. The van der Waals surface area contributed by atoms with Crippen LogP contribution in [0.25, 0.3) is 0 Å². The molecule has 1 aliphatic carbocycles. The van der Waals surface area contributed by atoms with Crippen molar-refractivity contribution in [3.05, 3.63) is 82.9 Å². The average Bonchev–Trinajstić information content (AvgIpc) is 2.91. The van der Waals surface area contributed by atoms with Crippen molar-refractivity contribution in [1.29, 1.82) is 5.26 Å². The number of hydrogen-bond donors (Lipinski definition) is 0. The fraction of sp³-hybridized carbons (Fsp3) is 0.238. The molecule has 0 fully saturated rings. The van der Waals surface area contributed by atoms with Crippen molar-refractivity contribution in [3.8, 4) is 6.07 Å². The molecule has 0 bridgehead atoms. The standard InChI is InChI=1S/C21H19NO2/c1-21(11-10-19(23)24-2)13-17-9-8-15(14-22)12-18(17)20(21)16-6-4-3-5-7-16/h3-12,20H,13H2,1-2H3/t20-,21+/m1/s1. The molecule has 1 aliphatic rings. The normalized spacial score (nSPS) is 22.1. The largest absolute Gasteiger partial charge is 0.466 e. The molecule has 0 heterocycles. The SMILES string of the molecule is COC(=O)C=C[C@@]1(C)Cc2ccc(C#N)cc2[C@H]1c1ccccc1. The monoisotopic (exact) mass is 317 g/mol. The molecule has 0 saturated heterocycles. The molecule has 0 amide bonds. The molecule has 3 rings (SSSR count). The zero-order valence-electron chi connectivity index (χ0n) is 13.8. The second-order valence-electron chi connectivity index (χ2n) is 6.41. The Morgan fingerprint density at radius 2 is 2.04 bits per heavy atom. The summed E-state index contributed by atoms with van der Waals surface area (Å²) >= 11 is 0. The van der Waals surface area contributed by atoms with Gasteiger partial charge < -0.3 is 4.74 Å². The lowest BCUT2D eigenvalue weighted by Crippen LogP contribution is -2.21. The number of carbonyl (C=O) groups excluding carboxylic acids is 1. The van der Waals surface area contributed by atoms with Crippen molar-refractivity contribution in [2.75, 3.05) is 7.11 Å². The van der Waals surface area contributed by atoms with Gasteiger partial charge in [-0.2, -0.15) is 5.26 Å². The van der Waals surface area contributed by atoms with Crippen molar-refractivity contribution < 1.29 is 9.53 Å². The highest BCUT2D eigenvalue weighted by Gasteiger charge is 2.41. The van der Waals surface area contributed by atoms with Gasteiger partial charge in [0.2, 0.25) is 0 Å². The zero-order valence-corrected chi connectivity index (χ0v) is 13.8. The van der Waals surface area contributed by atoms with Gasteiger partial charge in [-0.15, -0.1) is 0 Å². The fourth-order valence-corrected chi connectivity index (χ4v) is 3.65. The van der Waals surface area contributed by atoms with E-state index >= 15 is 0 Å². The lowest BCUT2D eigenvalue weighted by Gasteiger charge is -2.29. The lowest BCUT2D eigenvalue weighted by atomic mass is 9.74. The lowest BCUT2D eigenvalue weighted by molar-refractivity contribution is -0.134. The molecule has 2 aromatic carbocycles. The van der Waals surface area contributed by atoms with Gasteiger partial charge in [0.15, 0.2) is 0 Å². The van der Waals surface area contributed by atoms with Gasteiger partial charge in [0.05, 0.1) is 18.7 Å². The first-order chi connectivity index (χ1) is 11.6. The number of nitriles is 1. The van der Waals surface area contributed by atoms with Crippen LogP contribution < -0.4 is 0 Å². The van der Waals surface area contributed by atoms with E-state index in [1.54, 1.807) is 0 Å². The van der Waals surface area contributed by atoms with E-state index in [1.807, 2.05) is 42.5 Å². The maximum Gasteiger partial charge on any atom is 0.330 e. The first kappa shape index (κ1) is 16.0. The Hall–Kier alpha value is -2.86. The molecule has 2 atom stereocenters. The molecule has 0 aromatic heterocycles. The number of allylic oxidation sites excluding steroid dienone is 1. The van der Waals surface area contributed by atoms with Gasteiger partial charge in [-0.05, 0) is 35.2 Å². The molecule has 0 N–H and O–H groups in total. The summed E-state index contributed by atoms with van der Waals surface area (Å²) in [5.41, 5.74) is 3.99. The second-order valence-corrected chi connectivity index (χ2v) is 6.41. The number of carbonyl (C=O) groups is 1. The predicted molar refractivity (Wildman–Crippen MR) is 92.4 cm³/mol. The number of rotatable bonds is 3. The maximum atomic E-state index is 11.6. The van der Waals surface area contributed by atoms with Gasteiger partial charge >= 0.3 is 5.97 Å². The summed E-state index contributed by atoms with van der Waals surface area (Å²) in [5, 5.41) is 9.24. The number of esters is 1. The van der Waals surface area contributed by atoms with Gasteiger partial charge in [-0.25, -0.2) is 4.79 Å². The van der Waals surface area contributed by atoms with E-state index in [0.717, 1.165) is 12.0 Å². The van der Waals surface area contributed by atoms with E-state index < -0.39 is 0 Å². The van der Waals surface area contributed by atoms with Crippen LogP contribution in [0, 0.1) is 16.7 Å². The third-order valence-electron chi connectivity index (χ3n) is 4.75. The van der Waals surface area contributed by atoms with Crippen LogP contribution in [0.1, 0.15) is 35.1 Å². The summed E-state index contributed by atoms with van der Waals surface area (Å²) in [5.74, 6) is -0.250. The summed E-state index contributed by atoms with van der Waals surface area (Å²) in [6.07, 6.45) is 4.27. The van der Waals surface area contributed by atoms with E-state index in [9.17, 15) is 10.1 Å². The predicted octanol–water partition coefficient (Wildman–Crippen LogP) is 3.98. The number of ether oxygens (including phenoxy) is 1. The molecule has 2 aromatic rings. The van der Waals surface area contributed by atoms with Crippen LogP contribution in [0.3, 0.4) is 0 Å². The third kappa shape index (κ3) is 2.83. The quantitative estimate of drug-likeness (QED) is 0.635. The molecule has 24 heavy (non-hydrogen) atoms. The van der Waals surface area contributed by atoms with Crippen molar-refractivity contribution in [2.24, 2.45) is 5.41 Å². The molecule has 3 nitrogen and oxygen atoms in total. The number of methoxy groups -OCH3 is 1. The Morgan fingerprint density at radius 3 is 2.71 bits per heavy atom. The Kier molecular flexibility index (Phi) is 4.22. The molecule has 0 aliphatic heterocycles. The van der Waals surface area contributed by atoms with E-state index in [1.165, 1.54) is 24.3 Å². The summed E-state index contributed by atoms with van der Waals surface area (Å²) in [6.45, 7) is 2.15. The Bertz CT molecular complexity index is 833. The van der Waals surface area contributed by atoms with Crippen molar-refractivity contribution in [3.63, 3.8) is 0 Å². The first-order valence-corrected chi connectivity index (χ1v) is 7.92. The average molecular weight is 317 g/mol. The van der Waals surface area contributed by atoms with Crippen LogP contribution in [0.5, 0.6) is 0 Å². The van der Waals surface area contributed by atoms with Crippen LogP contribution in [0.15, 0.2) is 60.7 Å². The van der Waals surface area contributed by atoms with Crippen molar-refractivity contribution in [2.45, 2.75) is 19.3 Å². The highest BCUT2D eigenvalue weighted by atomic mass is 16.5. The minimum absolute atomic E-state index is 0.0999. The third-order valence-corrected chi connectivity index (χ3v) is 4.75. The molecule has 0 spiro atoms. The van der Waals surface area contributed by atoms with Crippen molar-refractivity contribution >= 4 is 5.97 Å². The molecule has 0 saturated carbocycles. The zero-order chi connectivity index (χ0) is 17.2. The molecular weight excluding hydrogens is 298 g/mol. The van der Waals surface area contributed by atoms with E-state index in [2.05, 4.69) is 25.1 Å². The molecule has 0 radical (unpaired) electrons. The highest BCUT2D eigenvalue weighted by Crippen LogP contribution is 2.51. The minimum atomic E-state index is -0.350. The summed E-state index contributed by atoms with van der Waals surface area (Å²) < 4.78 is 4.74. The van der Waals surface area contributed by atoms with E-state index in [-0.39, 0.29) is 17.3 Å². The smallest absolute Gasteiger partial charge is 0.330 e. The van der Waals surface area contributed by atoms with Crippen LogP contribution in [0.2, 0.25) is 0 Å². The topological polar surface area (TPSA) is 50.1 Å². The number of fused-ring (bicyclic) bond motifs is 1. The fourth-order valence-electron chi connectivity index (χ4n) is 3.65. The maximum absolute atomic E-state index is 11.6. The van der Waals surface area contributed by atoms with Gasteiger partial charge in [0, 0.05) is 17.4 Å². The van der Waals surface area contributed by atoms with Crippen LogP contribution in [0.4, 0.5) is 0 Å². The summed E-state index contributed by atoms with van der Waals surface area (Å²) in [4.78, 5) is 11.6. The van der Waals surface area contributed by atoms with Crippen LogP contribution in [-0.2, 0) is 16.0 Å². The molecule has 3 heteroatoms. The molecule has 0 unspecified atom stereocenters. The Balaban J connectivity index is 2.12. The Labute approximate surface area is 142 Å². The summed E-state index contributed by atoms with van der Waals surface area (Å²) in [7, 11) is 1.38. The second kappa shape index (κ2) is 6.33. The van der Waals surface area contributed by atoms with Gasteiger partial charge in [-0.1, -0.05) is 49.4 Å². The highest BCUT2D eigenvalue weighted by molar-refractivity contribution is 5.82. The van der Waals surface area contributed by atoms with Crippen LogP contribution in [-0.4, -0.2) is 13.1 Å².